The number of anilines is 1. The lowest BCUT2D eigenvalue weighted by Crippen LogP contribution is -2.50. The first-order valence-corrected chi connectivity index (χ1v) is 10.1. The largest absolute Gasteiger partial charge is 0.368 e. The van der Waals surface area contributed by atoms with Gasteiger partial charge in [0, 0.05) is 50.9 Å². The third-order valence-corrected chi connectivity index (χ3v) is 6.24. The van der Waals surface area contributed by atoms with Crippen LogP contribution < -0.4 is 4.90 Å². The number of nitrogens with zero attached hydrogens (tertiary/aromatic N) is 3. The zero-order chi connectivity index (χ0) is 17.9. The van der Waals surface area contributed by atoms with Gasteiger partial charge in [-0.15, -0.1) is 0 Å². The van der Waals surface area contributed by atoms with E-state index in [0.29, 0.717) is 19.0 Å². The molecule has 2 heterocycles. The van der Waals surface area contributed by atoms with Gasteiger partial charge < -0.3 is 14.7 Å². The highest BCUT2D eigenvalue weighted by molar-refractivity contribution is 5.89. The molecule has 2 amide bonds. The maximum atomic E-state index is 12.9. The van der Waals surface area contributed by atoms with Crippen LogP contribution in [0.1, 0.15) is 38.5 Å². The summed E-state index contributed by atoms with van der Waals surface area (Å²) in [5, 5.41) is 0. The van der Waals surface area contributed by atoms with Gasteiger partial charge in [-0.1, -0.05) is 37.5 Å². The summed E-state index contributed by atoms with van der Waals surface area (Å²) in [6.07, 6.45) is 6.36. The Hall–Kier alpha value is -2.04. The molecule has 5 heteroatoms. The molecule has 0 radical (unpaired) electrons. The number of benzene rings is 1. The molecule has 1 aromatic rings. The second kappa shape index (κ2) is 7.68. The zero-order valence-corrected chi connectivity index (χ0v) is 15.5. The molecule has 4 rings (SSSR count). The predicted octanol–water partition coefficient (Wildman–Crippen LogP) is 2.52. The molecule has 2 saturated heterocycles. The lowest BCUT2D eigenvalue weighted by Gasteiger charge is -2.37. The third kappa shape index (κ3) is 3.57. The van der Waals surface area contributed by atoms with Gasteiger partial charge in [-0.2, -0.15) is 0 Å². The zero-order valence-electron chi connectivity index (χ0n) is 15.5. The molecule has 5 nitrogen and oxygen atoms in total. The summed E-state index contributed by atoms with van der Waals surface area (Å²) >= 11 is 0. The standard InChI is InChI=1S/C21H29N3O2/c25-20-15-17(16-24(20)19-9-5-2-6-10-19)21(26)23-13-11-22(12-14-23)18-7-3-1-4-8-18/h1,3-4,7-8,17,19H,2,5-6,9-16H2/t17-/m1/s1. The highest BCUT2D eigenvalue weighted by Crippen LogP contribution is 2.29. The van der Waals surface area contributed by atoms with E-state index >= 15 is 0 Å². The van der Waals surface area contributed by atoms with Gasteiger partial charge in [0.15, 0.2) is 0 Å². The van der Waals surface area contributed by atoms with Crippen LogP contribution in [0.3, 0.4) is 0 Å². The Morgan fingerprint density at radius 2 is 1.62 bits per heavy atom. The maximum absolute atomic E-state index is 12.9. The minimum atomic E-state index is -0.132. The summed E-state index contributed by atoms with van der Waals surface area (Å²) in [7, 11) is 0. The molecule has 1 aromatic carbocycles. The summed E-state index contributed by atoms with van der Waals surface area (Å²) < 4.78 is 0. The van der Waals surface area contributed by atoms with Crippen molar-refractivity contribution in [2.45, 2.75) is 44.6 Å². The average molecular weight is 355 g/mol. The fourth-order valence-corrected chi connectivity index (χ4v) is 4.72. The van der Waals surface area contributed by atoms with E-state index in [1.807, 2.05) is 15.9 Å². The van der Waals surface area contributed by atoms with E-state index in [9.17, 15) is 9.59 Å². The number of rotatable bonds is 3. The van der Waals surface area contributed by atoms with Crippen molar-refractivity contribution in [2.75, 3.05) is 37.6 Å². The minimum absolute atomic E-state index is 0.132. The van der Waals surface area contributed by atoms with Crippen LogP contribution in [0, 0.1) is 5.92 Å². The van der Waals surface area contributed by atoms with Crippen LogP contribution in [-0.4, -0.2) is 60.4 Å². The number of amides is 2. The first-order valence-electron chi connectivity index (χ1n) is 10.1. The summed E-state index contributed by atoms with van der Waals surface area (Å²) in [6, 6.07) is 10.8. The Balaban J connectivity index is 1.32. The number of piperazine rings is 1. The molecule has 1 saturated carbocycles. The highest BCUT2D eigenvalue weighted by atomic mass is 16.2. The molecule has 0 aromatic heterocycles. The summed E-state index contributed by atoms with van der Waals surface area (Å²) in [5.74, 6) is 0.246. The second-order valence-electron chi connectivity index (χ2n) is 7.89. The molecular weight excluding hydrogens is 326 g/mol. The Bertz CT molecular complexity index is 634. The Labute approximate surface area is 155 Å². The van der Waals surface area contributed by atoms with Gasteiger partial charge in [0.1, 0.15) is 0 Å². The molecule has 3 fully saturated rings. The lowest BCUT2D eigenvalue weighted by atomic mass is 9.94. The van der Waals surface area contributed by atoms with E-state index in [1.165, 1.54) is 24.9 Å². The van der Waals surface area contributed by atoms with Crippen molar-refractivity contribution in [1.82, 2.24) is 9.80 Å². The topological polar surface area (TPSA) is 43.9 Å². The summed E-state index contributed by atoms with van der Waals surface area (Å²) in [5.41, 5.74) is 1.22. The maximum Gasteiger partial charge on any atom is 0.228 e. The van der Waals surface area contributed by atoms with Gasteiger partial charge in [0.2, 0.25) is 11.8 Å². The van der Waals surface area contributed by atoms with Crippen molar-refractivity contribution in [3.05, 3.63) is 30.3 Å². The molecule has 3 aliphatic rings. The molecule has 0 unspecified atom stereocenters. The van der Waals surface area contributed by atoms with Gasteiger partial charge in [-0.05, 0) is 25.0 Å². The molecular formula is C21H29N3O2. The number of likely N-dealkylation sites (tertiary alicyclic amines) is 1. The molecule has 0 bridgehead atoms. The van der Waals surface area contributed by atoms with Crippen LogP contribution >= 0.6 is 0 Å². The Morgan fingerprint density at radius 1 is 0.923 bits per heavy atom. The van der Waals surface area contributed by atoms with Crippen LogP contribution in [0.2, 0.25) is 0 Å². The van der Waals surface area contributed by atoms with E-state index in [1.54, 1.807) is 0 Å². The first kappa shape index (κ1) is 17.4. The van der Waals surface area contributed by atoms with E-state index in [4.69, 9.17) is 0 Å². The molecule has 0 N–H and O–H groups in total. The second-order valence-corrected chi connectivity index (χ2v) is 7.89. The smallest absolute Gasteiger partial charge is 0.228 e. The van der Waals surface area contributed by atoms with E-state index in [2.05, 4.69) is 29.2 Å². The fraction of sp³-hybridized carbons (Fsp3) is 0.619. The number of hydrogen-bond donors (Lipinski definition) is 0. The summed E-state index contributed by atoms with van der Waals surface area (Å²) in [6.45, 7) is 3.87. The molecule has 140 valence electrons. The third-order valence-electron chi connectivity index (χ3n) is 6.24. The SMILES string of the molecule is O=C([C@@H]1CC(=O)N(C2CCCCC2)C1)N1CCN(c2ccccc2)CC1. The monoisotopic (exact) mass is 355 g/mol. The predicted molar refractivity (Wildman–Crippen MR) is 102 cm³/mol. The van der Waals surface area contributed by atoms with E-state index < -0.39 is 0 Å². The van der Waals surface area contributed by atoms with Crippen LogP contribution in [0.4, 0.5) is 5.69 Å². The van der Waals surface area contributed by atoms with Gasteiger partial charge >= 0.3 is 0 Å². The number of para-hydroxylation sites is 1. The van der Waals surface area contributed by atoms with Crippen molar-refractivity contribution >= 4 is 17.5 Å². The van der Waals surface area contributed by atoms with Crippen LogP contribution in [0.25, 0.3) is 0 Å². The van der Waals surface area contributed by atoms with Crippen molar-refractivity contribution in [3.63, 3.8) is 0 Å². The normalized spacial score (nSPS) is 25.0. The van der Waals surface area contributed by atoms with Crippen LogP contribution in [-0.2, 0) is 9.59 Å². The Kier molecular flexibility index (Phi) is 5.14. The Morgan fingerprint density at radius 3 is 2.31 bits per heavy atom. The number of carbonyl (C=O) groups excluding carboxylic acids is 2. The molecule has 1 atom stereocenters. The number of carbonyl (C=O) groups is 2. The van der Waals surface area contributed by atoms with Gasteiger partial charge in [-0.25, -0.2) is 0 Å². The molecule has 26 heavy (non-hydrogen) atoms. The fourth-order valence-electron chi connectivity index (χ4n) is 4.72. The van der Waals surface area contributed by atoms with Gasteiger partial charge in [0.25, 0.3) is 0 Å². The van der Waals surface area contributed by atoms with Crippen LogP contribution in [0.5, 0.6) is 0 Å². The summed E-state index contributed by atoms with van der Waals surface area (Å²) in [4.78, 5) is 31.7. The highest BCUT2D eigenvalue weighted by Gasteiger charge is 2.40. The molecule has 1 aliphatic carbocycles. The first-order chi connectivity index (χ1) is 12.7. The quantitative estimate of drug-likeness (QED) is 0.837. The van der Waals surface area contributed by atoms with Gasteiger partial charge in [-0.3, -0.25) is 9.59 Å². The van der Waals surface area contributed by atoms with Crippen molar-refractivity contribution < 1.29 is 9.59 Å². The average Bonchev–Trinajstić information content (AvgIpc) is 3.10. The van der Waals surface area contributed by atoms with Gasteiger partial charge in [0.05, 0.1) is 5.92 Å². The number of hydrogen-bond acceptors (Lipinski definition) is 3. The minimum Gasteiger partial charge on any atom is -0.368 e. The van der Waals surface area contributed by atoms with E-state index in [-0.39, 0.29) is 17.7 Å². The van der Waals surface area contributed by atoms with E-state index in [0.717, 1.165) is 39.0 Å². The van der Waals surface area contributed by atoms with Crippen LogP contribution in [0.15, 0.2) is 30.3 Å². The van der Waals surface area contributed by atoms with Crippen molar-refractivity contribution in [2.24, 2.45) is 5.92 Å². The molecule has 0 spiro atoms. The lowest BCUT2D eigenvalue weighted by molar-refractivity contribution is -0.136. The van der Waals surface area contributed by atoms with Crippen molar-refractivity contribution in [1.29, 1.82) is 0 Å². The molecule has 2 aliphatic heterocycles. The van der Waals surface area contributed by atoms with Crippen molar-refractivity contribution in [3.8, 4) is 0 Å².